The number of hydrogen-bond donors (Lipinski definition) is 2. The molecule has 0 bridgehead atoms. The molecule has 94 valence electrons. The van der Waals surface area contributed by atoms with Crippen molar-refractivity contribution in [1.82, 2.24) is 4.90 Å². The second-order valence-electron chi connectivity index (χ2n) is 4.14. The zero-order chi connectivity index (χ0) is 13.5. The highest BCUT2D eigenvalue weighted by Gasteiger charge is 2.48. The van der Waals surface area contributed by atoms with Gasteiger partial charge in [-0.2, -0.15) is 5.26 Å². The molecule has 0 unspecified atom stereocenters. The van der Waals surface area contributed by atoms with Gasteiger partial charge < -0.3 is 15.7 Å². The van der Waals surface area contributed by atoms with Crippen molar-refractivity contribution >= 4 is 23.4 Å². The molecule has 1 fully saturated rings. The van der Waals surface area contributed by atoms with E-state index < -0.39 is 11.8 Å². The number of anilines is 1. The maximum Gasteiger partial charge on any atom is 0.407 e. The summed E-state index contributed by atoms with van der Waals surface area (Å²) < 4.78 is 14.5. The Morgan fingerprint density at radius 3 is 2.72 bits per heavy atom. The molecule has 1 aliphatic rings. The number of nitrogens with two attached hydrogens (primary N) is 1. The fourth-order valence-electron chi connectivity index (χ4n) is 1.90. The van der Waals surface area contributed by atoms with Crippen LogP contribution in [0.2, 0.25) is 5.02 Å². The predicted octanol–water partition coefficient (Wildman–Crippen LogP) is 1.95. The molecule has 1 heterocycles. The Morgan fingerprint density at radius 2 is 2.22 bits per heavy atom. The fourth-order valence-corrected chi connectivity index (χ4v) is 2.18. The van der Waals surface area contributed by atoms with Gasteiger partial charge in [0.05, 0.1) is 35.4 Å². The van der Waals surface area contributed by atoms with E-state index in [0.29, 0.717) is 0 Å². The highest BCUT2D eigenvalue weighted by molar-refractivity contribution is 6.34. The van der Waals surface area contributed by atoms with Gasteiger partial charge in [0.15, 0.2) is 5.67 Å². The first-order valence-corrected chi connectivity index (χ1v) is 5.41. The molecule has 1 saturated heterocycles. The largest absolute Gasteiger partial charge is 0.465 e. The van der Waals surface area contributed by atoms with Crippen LogP contribution in [0.25, 0.3) is 0 Å². The lowest BCUT2D eigenvalue weighted by Crippen LogP contribution is -2.58. The molecule has 1 aliphatic heterocycles. The number of nitrogens with zero attached hydrogens (tertiary/aromatic N) is 2. The number of hydrogen-bond acceptors (Lipinski definition) is 3. The van der Waals surface area contributed by atoms with E-state index in [1.807, 2.05) is 6.07 Å². The first-order chi connectivity index (χ1) is 8.37. The van der Waals surface area contributed by atoms with E-state index in [9.17, 15) is 9.18 Å². The van der Waals surface area contributed by atoms with Crippen LogP contribution in [0.15, 0.2) is 12.1 Å². The van der Waals surface area contributed by atoms with Gasteiger partial charge in [0, 0.05) is 5.56 Å². The molecule has 2 rings (SSSR count). The van der Waals surface area contributed by atoms with Crippen LogP contribution in [0.4, 0.5) is 14.9 Å². The van der Waals surface area contributed by atoms with E-state index in [1.54, 1.807) is 0 Å². The first-order valence-electron chi connectivity index (χ1n) is 5.04. The molecule has 0 aliphatic carbocycles. The van der Waals surface area contributed by atoms with Crippen molar-refractivity contribution in [2.24, 2.45) is 0 Å². The van der Waals surface area contributed by atoms with Gasteiger partial charge in [-0.1, -0.05) is 11.6 Å². The topological polar surface area (TPSA) is 90.4 Å². The van der Waals surface area contributed by atoms with Gasteiger partial charge in [0.2, 0.25) is 0 Å². The van der Waals surface area contributed by atoms with Crippen molar-refractivity contribution < 1.29 is 14.3 Å². The summed E-state index contributed by atoms with van der Waals surface area (Å²) in [7, 11) is 0. The van der Waals surface area contributed by atoms with Crippen molar-refractivity contribution in [3.8, 4) is 6.07 Å². The van der Waals surface area contributed by atoms with Crippen LogP contribution in [0.5, 0.6) is 0 Å². The van der Waals surface area contributed by atoms with Gasteiger partial charge in [0.25, 0.3) is 0 Å². The Balaban J connectivity index is 2.38. The second-order valence-corrected chi connectivity index (χ2v) is 4.52. The maximum absolute atomic E-state index is 14.5. The third-order valence-corrected chi connectivity index (χ3v) is 3.29. The molecular formula is C11H9ClFN3O2. The van der Waals surface area contributed by atoms with Crippen molar-refractivity contribution in [3.63, 3.8) is 0 Å². The smallest absolute Gasteiger partial charge is 0.407 e. The SMILES string of the molecule is N#Cc1cc(N)c(Cl)c(C2(F)CN(C(=O)O)C2)c1. The standard InChI is InChI=1S/C11H9ClFN3O2/c12-9-7(1-6(3-14)2-8(9)15)11(13)4-16(5-11)10(17)18/h1-2H,4-5,15H2,(H,17,18). The number of carbonyl (C=O) groups is 1. The maximum atomic E-state index is 14.5. The van der Waals surface area contributed by atoms with E-state index >= 15 is 0 Å². The summed E-state index contributed by atoms with van der Waals surface area (Å²) in [5, 5.41) is 17.5. The molecule has 18 heavy (non-hydrogen) atoms. The van der Waals surface area contributed by atoms with Crippen molar-refractivity contribution in [2.45, 2.75) is 5.67 Å². The van der Waals surface area contributed by atoms with Crippen LogP contribution in [-0.4, -0.2) is 29.2 Å². The van der Waals surface area contributed by atoms with Gasteiger partial charge in [0.1, 0.15) is 0 Å². The van der Waals surface area contributed by atoms with Gasteiger partial charge in [-0.3, -0.25) is 0 Å². The van der Waals surface area contributed by atoms with Crippen LogP contribution in [0.1, 0.15) is 11.1 Å². The first kappa shape index (κ1) is 12.5. The minimum atomic E-state index is -1.88. The molecule has 5 nitrogen and oxygen atoms in total. The number of alkyl halides is 1. The lowest BCUT2D eigenvalue weighted by molar-refractivity contribution is -0.0237. The number of benzene rings is 1. The van der Waals surface area contributed by atoms with Crippen molar-refractivity contribution in [2.75, 3.05) is 18.8 Å². The molecule has 0 spiro atoms. The molecule has 0 radical (unpaired) electrons. The van der Waals surface area contributed by atoms with Gasteiger partial charge in [-0.05, 0) is 12.1 Å². The monoisotopic (exact) mass is 269 g/mol. The van der Waals surface area contributed by atoms with E-state index in [1.165, 1.54) is 12.1 Å². The minimum absolute atomic E-state index is 0.0292. The lowest BCUT2D eigenvalue weighted by atomic mass is 9.87. The number of nitrogen functional groups attached to an aromatic ring is 1. The van der Waals surface area contributed by atoms with Gasteiger partial charge >= 0.3 is 6.09 Å². The van der Waals surface area contributed by atoms with Crippen LogP contribution < -0.4 is 5.73 Å². The third-order valence-electron chi connectivity index (χ3n) is 2.87. The zero-order valence-corrected chi connectivity index (χ0v) is 9.91. The summed E-state index contributed by atoms with van der Waals surface area (Å²) >= 11 is 5.91. The summed E-state index contributed by atoms with van der Waals surface area (Å²) in [5.41, 5.74) is 4.08. The summed E-state index contributed by atoms with van der Waals surface area (Å²) in [5.74, 6) is 0. The summed E-state index contributed by atoms with van der Waals surface area (Å²) in [6, 6.07) is 4.51. The Labute approximate surface area is 107 Å². The number of amides is 1. The van der Waals surface area contributed by atoms with Crippen LogP contribution in [0, 0.1) is 11.3 Å². The van der Waals surface area contributed by atoms with Gasteiger partial charge in [-0.15, -0.1) is 0 Å². The molecular weight excluding hydrogens is 261 g/mol. The normalized spacial score (nSPS) is 16.8. The van der Waals surface area contributed by atoms with Crippen LogP contribution >= 0.6 is 11.6 Å². The third kappa shape index (κ3) is 1.83. The fraction of sp³-hybridized carbons (Fsp3) is 0.273. The molecule has 0 saturated carbocycles. The summed E-state index contributed by atoms with van der Waals surface area (Å²) in [4.78, 5) is 11.5. The Bertz CT molecular complexity index is 564. The number of rotatable bonds is 1. The highest BCUT2D eigenvalue weighted by Crippen LogP contribution is 2.42. The van der Waals surface area contributed by atoms with E-state index in [0.717, 1.165) is 4.90 Å². The van der Waals surface area contributed by atoms with E-state index in [-0.39, 0.29) is 34.9 Å². The molecule has 0 aromatic heterocycles. The number of carboxylic acid groups (broad SMARTS) is 1. The van der Waals surface area contributed by atoms with Crippen molar-refractivity contribution in [1.29, 1.82) is 5.26 Å². The quantitative estimate of drug-likeness (QED) is 0.763. The molecule has 0 atom stereocenters. The molecule has 7 heteroatoms. The number of halogens is 2. The number of nitriles is 1. The molecule has 1 aromatic carbocycles. The summed E-state index contributed by atoms with van der Waals surface area (Å²) in [6.07, 6.45) is -1.19. The average Bonchev–Trinajstić information content (AvgIpc) is 2.28. The average molecular weight is 270 g/mol. The lowest BCUT2D eigenvalue weighted by Gasteiger charge is -2.43. The minimum Gasteiger partial charge on any atom is -0.465 e. The van der Waals surface area contributed by atoms with Crippen LogP contribution in [0.3, 0.4) is 0 Å². The molecule has 1 amide bonds. The van der Waals surface area contributed by atoms with E-state index in [2.05, 4.69) is 0 Å². The zero-order valence-electron chi connectivity index (χ0n) is 9.15. The van der Waals surface area contributed by atoms with Crippen LogP contribution in [-0.2, 0) is 5.67 Å². The Kier molecular flexibility index (Phi) is 2.79. The van der Waals surface area contributed by atoms with Crippen molar-refractivity contribution in [3.05, 3.63) is 28.3 Å². The second kappa shape index (κ2) is 4.03. The summed E-state index contributed by atoms with van der Waals surface area (Å²) in [6.45, 7) is -0.618. The highest BCUT2D eigenvalue weighted by atomic mass is 35.5. The van der Waals surface area contributed by atoms with E-state index in [4.69, 9.17) is 27.7 Å². The molecule has 3 N–H and O–H groups in total. The Hall–Kier alpha value is -2.00. The Morgan fingerprint density at radius 1 is 1.61 bits per heavy atom. The molecule has 1 aromatic rings. The predicted molar refractivity (Wildman–Crippen MR) is 63.0 cm³/mol. The van der Waals surface area contributed by atoms with Gasteiger partial charge in [-0.25, -0.2) is 9.18 Å². The number of likely N-dealkylation sites (tertiary alicyclic amines) is 1.